The van der Waals surface area contributed by atoms with Gasteiger partial charge in [0.25, 0.3) is 5.91 Å². The van der Waals surface area contributed by atoms with E-state index < -0.39 is 40.2 Å². The number of hydrogen-bond acceptors (Lipinski definition) is 9. The van der Waals surface area contributed by atoms with Crippen LogP contribution in [0, 0.1) is 5.92 Å². The van der Waals surface area contributed by atoms with Crippen molar-refractivity contribution < 1.29 is 37.0 Å². The van der Waals surface area contributed by atoms with Crippen LogP contribution >= 0.6 is 11.3 Å². The molecule has 2 heterocycles. The molecule has 1 atom stereocenters. The van der Waals surface area contributed by atoms with Crippen LogP contribution in [-0.4, -0.2) is 58.1 Å². The van der Waals surface area contributed by atoms with Crippen LogP contribution in [0.4, 0.5) is 5.00 Å². The first-order valence-electron chi connectivity index (χ1n) is 9.84. The molecule has 11 heteroatoms. The minimum absolute atomic E-state index is 0.0643. The minimum atomic E-state index is -3.24. The number of methoxy groups -OCH3 is 1. The molecule has 1 aromatic carbocycles. The number of amides is 1. The lowest BCUT2D eigenvalue weighted by molar-refractivity contribution is -0.150. The monoisotopic (exact) mass is 481 g/mol. The van der Waals surface area contributed by atoms with Gasteiger partial charge in [0.1, 0.15) is 16.3 Å². The molecule has 0 aliphatic carbocycles. The number of hydrogen-bond donors (Lipinski definition) is 1. The highest BCUT2D eigenvalue weighted by molar-refractivity contribution is 7.91. The second-order valence-corrected chi connectivity index (χ2v) is 10.2. The van der Waals surface area contributed by atoms with E-state index in [9.17, 15) is 22.8 Å². The standard InChI is InChI=1S/C21H23NO8S2/c1-3-29-21(25)18-16(13-4-6-15(28-2)7-5-13)11-31-19(18)22-17(23)10-30-20(24)14-8-9-32(26,27)12-14/h4-7,11,14H,3,8-10,12H2,1-2H3,(H,22,23). The summed E-state index contributed by atoms with van der Waals surface area (Å²) in [6.07, 6.45) is 0.186. The van der Waals surface area contributed by atoms with Crippen LogP contribution in [-0.2, 0) is 28.9 Å². The van der Waals surface area contributed by atoms with Gasteiger partial charge in [-0.3, -0.25) is 9.59 Å². The summed E-state index contributed by atoms with van der Waals surface area (Å²) in [5.74, 6) is -2.40. The summed E-state index contributed by atoms with van der Waals surface area (Å²) in [5, 5.41) is 4.57. The highest BCUT2D eigenvalue weighted by Crippen LogP contribution is 2.36. The summed E-state index contributed by atoms with van der Waals surface area (Å²) < 4.78 is 38.3. The molecule has 172 valence electrons. The van der Waals surface area contributed by atoms with Gasteiger partial charge in [0.15, 0.2) is 16.4 Å². The van der Waals surface area contributed by atoms with E-state index in [1.807, 2.05) is 0 Å². The molecule has 1 aromatic heterocycles. The number of sulfone groups is 1. The summed E-state index contributed by atoms with van der Waals surface area (Å²) in [6.45, 7) is 1.25. The molecule has 3 rings (SSSR count). The molecule has 1 saturated heterocycles. The van der Waals surface area contributed by atoms with Gasteiger partial charge >= 0.3 is 11.9 Å². The molecule has 0 bridgehead atoms. The van der Waals surface area contributed by atoms with E-state index in [1.54, 1.807) is 43.7 Å². The quantitative estimate of drug-likeness (QED) is 0.570. The number of rotatable bonds is 8. The largest absolute Gasteiger partial charge is 0.497 e. The smallest absolute Gasteiger partial charge is 0.341 e. The average molecular weight is 482 g/mol. The summed E-state index contributed by atoms with van der Waals surface area (Å²) in [6, 6.07) is 7.07. The Morgan fingerprint density at radius 1 is 1.16 bits per heavy atom. The average Bonchev–Trinajstić information content (AvgIpc) is 3.35. The van der Waals surface area contributed by atoms with Crippen molar-refractivity contribution in [3.63, 3.8) is 0 Å². The Hall–Kier alpha value is -2.92. The lowest BCUT2D eigenvalue weighted by atomic mass is 10.0. The molecular formula is C21H23NO8S2. The molecule has 9 nitrogen and oxygen atoms in total. The lowest BCUT2D eigenvalue weighted by Crippen LogP contribution is -2.25. The summed E-state index contributed by atoms with van der Waals surface area (Å²) in [4.78, 5) is 37.0. The fourth-order valence-corrected chi connectivity index (χ4v) is 5.94. The Morgan fingerprint density at radius 3 is 2.47 bits per heavy atom. The van der Waals surface area contributed by atoms with Crippen LogP contribution in [0.25, 0.3) is 11.1 Å². The fraction of sp³-hybridized carbons (Fsp3) is 0.381. The molecule has 1 N–H and O–H groups in total. The van der Waals surface area contributed by atoms with Crippen molar-refractivity contribution in [3.8, 4) is 16.9 Å². The van der Waals surface area contributed by atoms with Gasteiger partial charge < -0.3 is 19.5 Å². The Kier molecular flexibility index (Phi) is 7.52. The van der Waals surface area contributed by atoms with E-state index in [2.05, 4.69) is 5.32 Å². The van der Waals surface area contributed by atoms with Crippen LogP contribution in [0.2, 0.25) is 0 Å². The zero-order valence-electron chi connectivity index (χ0n) is 17.6. The summed E-state index contributed by atoms with van der Waals surface area (Å²) >= 11 is 1.14. The normalized spacial score (nSPS) is 16.9. The first-order valence-corrected chi connectivity index (χ1v) is 12.5. The van der Waals surface area contributed by atoms with E-state index in [1.165, 1.54) is 0 Å². The van der Waals surface area contributed by atoms with E-state index in [0.29, 0.717) is 11.3 Å². The SMILES string of the molecule is CCOC(=O)c1c(-c2ccc(OC)cc2)csc1NC(=O)COC(=O)C1CCS(=O)(=O)C1. The lowest BCUT2D eigenvalue weighted by Gasteiger charge is -2.11. The van der Waals surface area contributed by atoms with Crippen LogP contribution < -0.4 is 10.1 Å². The first-order chi connectivity index (χ1) is 15.2. The third kappa shape index (κ3) is 5.65. The predicted octanol–water partition coefficient (Wildman–Crippen LogP) is 2.52. The van der Waals surface area contributed by atoms with E-state index in [-0.39, 0.29) is 35.1 Å². The third-order valence-corrected chi connectivity index (χ3v) is 7.50. The van der Waals surface area contributed by atoms with Crippen LogP contribution in [0.1, 0.15) is 23.7 Å². The van der Waals surface area contributed by atoms with Crippen molar-refractivity contribution in [1.29, 1.82) is 0 Å². The molecule has 0 radical (unpaired) electrons. The number of esters is 2. The molecule has 0 spiro atoms. The topological polar surface area (TPSA) is 125 Å². The Labute approximate surface area is 189 Å². The van der Waals surface area contributed by atoms with E-state index in [4.69, 9.17) is 14.2 Å². The van der Waals surface area contributed by atoms with Gasteiger partial charge in [0.2, 0.25) is 0 Å². The van der Waals surface area contributed by atoms with Gasteiger partial charge in [-0.25, -0.2) is 13.2 Å². The molecule has 32 heavy (non-hydrogen) atoms. The zero-order valence-corrected chi connectivity index (χ0v) is 19.2. The molecule has 1 aliphatic rings. The molecule has 1 aliphatic heterocycles. The number of benzene rings is 1. The molecular weight excluding hydrogens is 458 g/mol. The maximum Gasteiger partial charge on any atom is 0.341 e. The van der Waals surface area contributed by atoms with Gasteiger partial charge in [-0.2, -0.15) is 0 Å². The van der Waals surface area contributed by atoms with Gasteiger partial charge in [-0.1, -0.05) is 12.1 Å². The second kappa shape index (κ2) is 10.1. The summed E-state index contributed by atoms with van der Waals surface area (Å²) in [5.41, 5.74) is 1.52. The molecule has 1 unspecified atom stereocenters. The number of nitrogens with one attached hydrogen (secondary N) is 1. The van der Waals surface area contributed by atoms with Crippen molar-refractivity contribution >= 4 is 44.0 Å². The first kappa shape index (κ1) is 23.7. The summed E-state index contributed by atoms with van der Waals surface area (Å²) in [7, 11) is -1.68. The zero-order chi connectivity index (χ0) is 23.3. The van der Waals surface area contributed by atoms with E-state index >= 15 is 0 Å². The fourth-order valence-electron chi connectivity index (χ4n) is 3.24. The maximum absolute atomic E-state index is 12.6. The van der Waals surface area contributed by atoms with Gasteiger partial charge in [0, 0.05) is 10.9 Å². The van der Waals surface area contributed by atoms with Crippen LogP contribution in [0.15, 0.2) is 29.6 Å². The maximum atomic E-state index is 12.6. The number of carbonyl (C=O) groups excluding carboxylic acids is 3. The van der Waals surface area contributed by atoms with Crippen molar-refractivity contribution in [3.05, 3.63) is 35.2 Å². The van der Waals surface area contributed by atoms with E-state index in [0.717, 1.165) is 16.9 Å². The number of carbonyl (C=O) groups is 3. The molecule has 1 amide bonds. The molecule has 1 fully saturated rings. The van der Waals surface area contributed by atoms with Crippen molar-refractivity contribution in [2.75, 3.05) is 37.1 Å². The number of anilines is 1. The van der Waals surface area contributed by atoms with Crippen molar-refractivity contribution in [1.82, 2.24) is 0 Å². The Morgan fingerprint density at radius 2 is 1.88 bits per heavy atom. The van der Waals surface area contributed by atoms with Crippen molar-refractivity contribution in [2.24, 2.45) is 5.92 Å². The van der Waals surface area contributed by atoms with Crippen LogP contribution in [0.5, 0.6) is 5.75 Å². The Balaban J connectivity index is 1.72. The highest BCUT2D eigenvalue weighted by Gasteiger charge is 2.34. The second-order valence-electron chi connectivity index (χ2n) is 7.06. The predicted molar refractivity (Wildman–Crippen MR) is 119 cm³/mol. The van der Waals surface area contributed by atoms with Gasteiger partial charge in [-0.05, 0) is 31.0 Å². The molecule has 2 aromatic rings. The Bertz CT molecular complexity index is 1110. The van der Waals surface area contributed by atoms with Crippen molar-refractivity contribution in [2.45, 2.75) is 13.3 Å². The van der Waals surface area contributed by atoms with Gasteiger partial charge in [0.05, 0.1) is 31.1 Å². The highest BCUT2D eigenvalue weighted by atomic mass is 32.2. The minimum Gasteiger partial charge on any atom is -0.497 e. The van der Waals surface area contributed by atoms with Crippen LogP contribution in [0.3, 0.4) is 0 Å². The molecule has 0 saturated carbocycles. The third-order valence-electron chi connectivity index (χ3n) is 4.84. The van der Waals surface area contributed by atoms with Gasteiger partial charge in [-0.15, -0.1) is 11.3 Å². The number of thiophene rings is 1. The number of ether oxygens (including phenoxy) is 3.